The first-order valence-electron chi connectivity index (χ1n) is 3.01. The third-order valence-corrected chi connectivity index (χ3v) is 1.14. The van der Waals surface area contributed by atoms with Crippen molar-refractivity contribution in [2.45, 2.75) is 19.4 Å². The summed E-state index contributed by atoms with van der Waals surface area (Å²) in [4.78, 5) is 31.3. The van der Waals surface area contributed by atoms with Crippen LogP contribution >= 0.6 is 0 Å². The summed E-state index contributed by atoms with van der Waals surface area (Å²) >= 11 is 0. The Morgan fingerprint density at radius 2 is 2.27 bits per heavy atom. The van der Waals surface area contributed by atoms with E-state index in [4.69, 9.17) is 0 Å². The van der Waals surface area contributed by atoms with E-state index in [1.165, 1.54) is 0 Å². The van der Waals surface area contributed by atoms with Crippen LogP contribution in [0.4, 0.5) is 0 Å². The summed E-state index contributed by atoms with van der Waals surface area (Å²) in [6.07, 6.45) is -1.20. The second-order valence-electron chi connectivity index (χ2n) is 2.10. The van der Waals surface area contributed by atoms with E-state index in [-0.39, 0.29) is 6.42 Å². The molecule has 5 heteroatoms. The molecular formula is C6H6O5. The van der Waals surface area contributed by atoms with Gasteiger partial charge in [-0.15, -0.1) is 0 Å². The van der Waals surface area contributed by atoms with Gasteiger partial charge in [-0.05, 0) is 0 Å². The minimum atomic E-state index is -1.03. The minimum Gasteiger partial charge on any atom is -0.450 e. The number of carbonyl (C=O) groups excluding carboxylic acids is 3. The van der Waals surface area contributed by atoms with E-state index >= 15 is 0 Å². The van der Waals surface area contributed by atoms with Crippen molar-refractivity contribution in [1.82, 2.24) is 0 Å². The Morgan fingerprint density at radius 1 is 1.64 bits per heavy atom. The second kappa shape index (κ2) is 2.69. The molecule has 1 aliphatic rings. The number of hydrogen-bond acceptors (Lipinski definition) is 5. The van der Waals surface area contributed by atoms with Gasteiger partial charge in [0.05, 0.1) is 6.42 Å². The van der Waals surface area contributed by atoms with E-state index in [0.717, 1.165) is 6.92 Å². The van der Waals surface area contributed by atoms with Crippen LogP contribution in [-0.4, -0.2) is 24.0 Å². The fraction of sp³-hybridized carbons (Fsp3) is 0.500. The Bertz CT molecular complexity index is 219. The van der Waals surface area contributed by atoms with Gasteiger partial charge in [-0.1, -0.05) is 0 Å². The summed E-state index contributed by atoms with van der Waals surface area (Å²) in [6, 6.07) is 0. The fourth-order valence-electron chi connectivity index (χ4n) is 0.744. The van der Waals surface area contributed by atoms with Crippen molar-refractivity contribution >= 4 is 17.9 Å². The zero-order valence-electron chi connectivity index (χ0n) is 5.83. The molecule has 0 radical (unpaired) electrons. The molecular weight excluding hydrogens is 152 g/mol. The van der Waals surface area contributed by atoms with Crippen molar-refractivity contribution in [2.24, 2.45) is 0 Å². The summed E-state index contributed by atoms with van der Waals surface area (Å²) in [5.41, 5.74) is 0. The summed E-state index contributed by atoms with van der Waals surface area (Å²) in [7, 11) is 0. The summed E-state index contributed by atoms with van der Waals surface area (Å²) < 4.78 is 8.58. The molecule has 0 N–H and O–H groups in total. The highest BCUT2D eigenvalue weighted by Crippen LogP contribution is 2.11. The number of carbonyl (C=O) groups is 3. The van der Waals surface area contributed by atoms with Gasteiger partial charge < -0.3 is 9.47 Å². The van der Waals surface area contributed by atoms with E-state index in [2.05, 4.69) is 9.47 Å². The molecule has 0 aromatic heterocycles. The molecule has 0 aliphatic carbocycles. The predicted octanol–water partition coefficient (Wildman–Crippen LogP) is -0.608. The first kappa shape index (κ1) is 7.71. The maximum absolute atomic E-state index is 10.6. The monoisotopic (exact) mass is 158 g/mol. The van der Waals surface area contributed by atoms with Crippen LogP contribution in [0, 0.1) is 0 Å². The molecule has 0 aromatic rings. The van der Waals surface area contributed by atoms with Gasteiger partial charge in [-0.2, -0.15) is 0 Å². The van der Waals surface area contributed by atoms with Crippen LogP contribution in [0.1, 0.15) is 13.3 Å². The number of esters is 3. The summed E-state index contributed by atoms with van der Waals surface area (Å²) in [6.45, 7) is 1.16. The highest BCUT2D eigenvalue weighted by molar-refractivity contribution is 5.97. The molecule has 1 heterocycles. The minimum absolute atomic E-state index is 0.168. The maximum atomic E-state index is 10.6. The van der Waals surface area contributed by atoms with Gasteiger partial charge >= 0.3 is 17.9 Å². The molecule has 1 atom stereocenters. The normalized spacial score (nSPS) is 23.2. The predicted molar refractivity (Wildman–Crippen MR) is 31.3 cm³/mol. The summed E-state index contributed by atoms with van der Waals surface area (Å²) in [5, 5.41) is 0. The largest absolute Gasteiger partial charge is 0.450 e. The van der Waals surface area contributed by atoms with Crippen LogP contribution in [0.5, 0.6) is 0 Å². The second-order valence-corrected chi connectivity index (χ2v) is 2.10. The first-order valence-corrected chi connectivity index (χ1v) is 3.01. The van der Waals surface area contributed by atoms with E-state index in [1.54, 1.807) is 0 Å². The van der Waals surface area contributed by atoms with E-state index in [9.17, 15) is 14.4 Å². The molecule has 1 saturated heterocycles. The Labute approximate surface area is 62.3 Å². The highest BCUT2D eigenvalue weighted by atomic mass is 16.6. The van der Waals surface area contributed by atoms with Gasteiger partial charge in [0.2, 0.25) is 6.10 Å². The fourth-order valence-corrected chi connectivity index (χ4v) is 0.744. The highest BCUT2D eigenvalue weighted by Gasteiger charge is 2.35. The molecule has 60 valence electrons. The molecule has 0 spiro atoms. The van der Waals surface area contributed by atoms with Crippen molar-refractivity contribution in [2.75, 3.05) is 0 Å². The molecule has 1 rings (SSSR count). The molecule has 0 saturated carbocycles. The van der Waals surface area contributed by atoms with Gasteiger partial charge in [0.25, 0.3) is 0 Å². The third-order valence-electron chi connectivity index (χ3n) is 1.14. The first-order chi connectivity index (χ1) is 5.09. The topological polar surface area (TPSA) is 69.7 Å². The van der Waals surface area contributed by atoms with Crippen molar-refractivity contribution in [3.05, 3.63) is 0 Å². The SMILES string of the molecule is CC(=O)OC1CC(=O)OC1=O. The number of rotatable bonds is 1. The average Bonchev–Trinajstić information content (AvgIpc) is 2.09. The molecule has 0 bridgehead atoms. The molecule has 0 aromatic carbocycles. The molecule has 0 amide bonds. The van der Waals surface area contributed by atoms with Gasteiger partial charge in [-0.3, -0.25) is 9.59 Å². The van der Waals surface area contributed by atoms with E-state index in [0.29, 0.717) is 0 Å². The maximum Gasteiger partial charge on any atom is 0.355 e. The van der Waals surface area contributed by atoms with E-state index < -0.39 is 24.0 Å². The Balaban J connectivity index is 2.53. The van der Waals surface area contributed by atoms with Gasteiger partial charge in [-0.25, -0.2) is 4.79 Å². The smallest absolute Gasteiger partial charge is 0.355 e. The van der Waals surface area contributed by atoms with E-state index in [1.807, 2.05) is 0 Å². The van der Waals surface area contributed by atoms with Crippen LogP contribution in [0.3, 0.4) is 0 Å². The lowest BCUT2D eigenvalue weighted by atomic mass is 10.3. The lowest BCUT2D eigenvalue weighted by Gasteiger charge is -2.02. The van der Waals surface area contributed by atoms with Crippen LogP contribution in [0.25, 0.3) is 0 Å². The quantitative estimate of drug-likeness (QED) is 0.376. The van der Waals surface area contributed by atoms with Crippen molar-refractivity contribution in [3.63, 3.8) is 0 Å². The Morgan fingerprint density at radius 3 is 2.64 bits per heavy atom. The zero-order chi connectivity index (χ0) is 8.43. The third kappa shape index (κ3) is 1.76. The van der Waals surface area contributed by atoms with Crippen molar-refractivity contribution in [3.8, 4) is 0 Å². The van der Waals surface area contributed by atoms with Crippen LogP contribution in [0.2, 0.25) is 0 Å². The Kier molecular flexibility index (Phi) is 1.89. The van der Waals surface area contributed by atoms with Gasteiger partial charge in [0, 0.05) is 6.92 Å². The number of cyclic esters (lactones) is 2. The van der Waals surface area contributed by atoms with Crippen molar-refractivity contribution in [1.29, 1.82) is 0 Å². The molecule has 1 fully saturated rings. The molecule has 1 aliphatic heterocycles. The van der Waals surface area contributed by atoms with Gasteiger partial charge in [0.1, 0.15) is 0 Å². The zero-order valence-corrected chi connectivity index (χ0v) is 5.83. The number of ether oxygens (including phenoxy) is 2. The van der Waals surface area contributed by atoms with Crippen LogP contribution < -0.4 is 0 Å². The molecule has 11 heavy (non-hydrogen) atoms. The Hall–Kier alpha value is -1.39. The van der Waals surface area contributed by atoms with Crippen LogP contribution in [-0.2, 0) is 23.9 Å². The molecule has 1 unspecified atom stereocenters. The van der Waals surface area contributed by atoms with Gasteiger partial charge in [0.15, 0.2) is 0 Å². The van der Waals surface area contributed by atoms with Crippen LogP contribution in [0.15, 0.2) is 0 Å². The lowest BCUT2D eigenvalue weighted by molar-refractivity contribution is -0.161. The summed E-state index contributed by atoms with van der Waals surface area (Å²) in [5.74, 6) is -2.03. The van der Waals surface area contributed by atoms with Crippen molar-refractivity contribution < 1.29 is 23.9 Å². The number of hydrogen-bond donors (Lipinski definition) is 0. The standard InChI is InChI=1S/C6H6O5/c1-3(7)10-4-2-5(8)11-6(4)9/h4H,2H2,1H3. The lowest BCUT2D eigenvalue weighted by Crippen LogP contribution is -2.20. The average molecular weight is 158 g/mol. The molecule has 5 nitrogen and oxygen atoms in total.